The van der Waals surface area contributed by atoms with Crippen molar-refractivity contribution in [3.05, 3.63) is 29.1 Å². The molecule has 1 heterocycles. The van der Waals surface area contributed by atoms with Crippen LogP contribution in [0.4, 0.5) is 0 Å². The molecule has 0 aliphatic heterocycles. The molecule has 4 heteroatoms. The summed E-state index contributed by atoms with van der Waals surface area (Å²) < 4.78 is 0. The zero-order valence-corrected chi connectivity index (χ0v) is 9.82. The van der Waals surface area contributed by atoms with Gasteiger partial charge in [-0.1, -0.05) is 0 Å². The van der Waals surface area contributed by atoms with Gasteiger partial charge < -0.3 is 4.90 Å². The first-order valence-electron chi connectivity index (χ1n) is 5.20. The normalized spacial score (nSPS) is 9.62. The third-order valence-corrected chi connectivity index (χ3v) is 2.39. The zero-order chi connectivity index (χ0) is 12.1. The number of aromatic nitrogens is 1. The van der Waals surface area contributed by atoms with Gasteiger partial charge in [-0.3, -0.25) is 9.78 Å². The van der Waals surface area contributed by atoms with Gasteiger partial charge in [-0.2, -0.15) is 5.26 Å². The summed E-state index contributed by atoms with van der Waals surface area (Å²) in [5.41, 5.74) is 2.17. The van der Waals surface area contributed by atoms with Crippen molar-refractivity contribution in [2.45, 2.75) is 20.8 Å². The van der Waals surface area contributed by atoms with Crippen LogP contribution in [0.5, 0.6) is 0 Å². The van der Waals surface area contributed by atoms with Crippen LogP contribution in [0.1, 0.15) is 28.7 Å². The van der Waals surface area contributed by atoms with Crippen LogP contribution >= 0.6 is 0 Å². The maximum absolute atomic E-state index is 12.0. The second-order valence-electron chi connectivity index (χ2n) is 3.56. The van der Waals surface area contributed by atoms with Crippen molar-refractivity contribution < 1.29 is 4.79 Å². The molecule has 16 heavy (non-hydrogen) atoms. The smallest absolute Gasteiger partial charge is 0.256 e. The van der Waals surface area contributed by atoms with E-state index < -0.39 is 0 Å². The van der Waals surface area contributed by atoms with Crippen LogP contribution in [-0.4, -0.2) is 28.9 Å². The lowest BCUT2D eigenvalue weighted by atomic mass is 10.1. The van der Waals surface area contributed by atoms with E-state index >= 15 is 0 Å². The van der Waals surface area contributed by atoms with Crippen LogP contribution < -0.4 is 0 Å². The lowest BCUT2D eigenvalue weighted by molar-refractivity contribution is 0.0783. The summed E-state index contributed by atoms with van der Waals surface area (Å²) in [6.07, 6.45) is 0. The number of hydrogen-bond acceptors (Lipinski definition) is 3. The molecule has 0 unspecified atom stereocenters. The van der Waals surface area contributed by atoms with Gasteiger partial charge in [0.15, 0.2) is 0 Å². The van der Waals surface area contributed by atoms with E-state index in [1.165, 1.54) is 4.90 Å². The van der Waals surface area contributed by atoms with Crippen molar-refractivity contribution in [3.8, 4) is 6.07 Å². The van der Waals surface area contributed by atoms with Crippen molar-refractivity contribution in [2.75, 3.05) is 13.1 Å². The molecule has 4 nitrogen and oxygen atoms in total. The number of nitrogens with zero attached hydrogens (tertiary/aromatic N) is 3. The predicted octanol–water partition coefficient (Wildman–Crippen LogP) is 1.68. The Morgan fingerprint density at radius 2 is 2.19 bits per heavy atom. The highest BCUT2D eigenvalue weighted by Gasteiger charge is 2.16. The molecule has 1 aromatic heterocycles. The zero-order valence-electron chi connectivity index (χ0n) is 9.82. The molecule has 0 bridgehead atoms. The van der Waals surface area contributed by atoms with Crippen LogP contribution in [0.3, 0.4) is 0 Å². The number of rotatable bonds is 3. The van der Waals surface area contributed by atoms with Crippen molar-refractivity contribution in [2.24, 2.45) is 0 Å². The summed E-state index contributed by atoms with van der Waals surface area (Å²) in [6.45, 7) is 6.18. The van der Waals surface area contributed by atoms with Gasteiger partial charge in [0.2, 0.25) is 0 Å². The van der Waals surface area contributed by atoms with Gasteiger partial charge >= 0.3 is 0 Å². The molecule has 0 saturated heterocycles. The lowest BCUT2D eigenvalue weighted by Gasteiger charge is -2.18. The van der Waals surface area contributed by atoms with Crippen molar-refractivity contribution in [1.29, 1.82) is 5.26 Å². The highest BCUT2D eigenvalue weighted by atomic mass is 16.2. The third kappa shape index (κ3) is 2.57. The quantitative estimate of drug-likeness (QED) is 0.724. The van der Waals surface area contributed by atoms with E-state index in [0.29, 0.717) is 17.8 Å². The van der Waals surface area contributed by atoms with E-state index in [9.17, 15) is 4.79 Å². The monoisotopic (exact) mass is 217 g/mol. The second-order valence-corrected chi connectivity index (χ2v) is 3.56. The first kappa shape index (κ1) is 12.2. The third-order valence-electron chi connectivity index (χ3n) is 2.39. The predicted molar refractivity (Wildman–Crippen MR) is 60.9 cm³/mol. The van der Waals surface area contributed by atoms with Gasteiger partial charge in [-0.15, -0.1) is 0 Å². The summed E-state index contributed by atoms with van der Waals surface area (Å²) in [7, 11) is 0. The fraction of sp³-hybridized carbons (Fsp3) is 0.417. The fourth-order valence-electron chi connectivity index (χ4n) is 1.50. The SMILES string of the molecule is CCN(CC#N)C(=O)c1ccc(C)nc1C. The number of pyridine rings is 1. The van der Waals surface area contributed by atoms with Crippen LogP contribution in [-0.2, 0) is 0 Å². The number of carbonyl (C=O) groups is 1. The Hall–Kier alpha value is -1.89. The van der Waals surface area contributed by atoms with E-state index in [4.69, 9.17) is 5.26 Å². The van der Waals surface area contributed by atoms with E-state index in [2.05, 4.69) is 4.98 Å². The minimum atomic E-state index is -0.131. The number of aryl methyl sites for hydroxylation is 2. The molecule has 0 aliphatic rings. The van der Waals surface area contributed by atoms with Crippen LogP contribution in [0, 0.1) is 25.2 Å². The Kier molecular flexibility index (Phi) is 4.01. The number of hydrogen-bond donors (Lipinski definition) is 0. The van der Waals surface area contributed by atoms with Crippen LogP contribution in [0.25, 0.3) is 0 Å². The van der Waals surface area contributed by atoms with Gasteiger partial charge in [0.1, 0.15) is 6.54 Å². The highest BCUT2D eigenvalue weighted by molar-refractivity contribution is 5.95. The lowest BCUT2D eigenvalue weighted by Crippen LogP contribution is -2.31. The molecule has 1 rings (SSSR count). The minimum absolute atomic E-state index is 0.114. The summed E-state index contributed by atoms with van der Waals surface area (Å²) >= 11 is 0. The molecule has 1 amide bonds. The van der Waals surface area contributed by atoms with Gasteiger partial charge in [0.05, 0.1) is 17.3 Å². The summed E-state index contributed by atoms with van der Waals surface area (Å²) in [4.78, 5) is 17.8. The number of amides is 1. The number of nitriles is 1. The Morgan fingerprint density at radius 1 is 1.50 bits per heavy atom. The van der Waals surface area contributed by atoms with Gasteiger partial charge in [-0.25, -0.2) is 0 Å². The maximum Gasteiger partial charge on any atom is 0.256 e. The molecule has 0 aromatic carbocycles. The maximum atomic E-state index is 12.0. The molecular formula is C12H15N3O. The molecule has 0 atom stereocenters. The van der Waals surface area contributed by atoms with Crippen LogP contribution in [0.2, 0.25) is 0 Å². The molecular weight excluding hydrogens is 202 g/mol. The fourth-order valence-corrected chi connectivity index (χ4v) is 1.50. The first-order chi connectivity index (χ1) is 7.60. The average Bonchev–Trinajstić information content (AvgIpc) is 2.25. The van der Waals surface area contributed by atoms with E-state index in [1.807, 2.05) is 19.9 Å². The Balaban J connectivity index is 3.00. The topological polar surface area (TPSA) is 57.0 Å². The largest absolute Gasteiger partial charge is 0.326 e. The first-order valence-corrected chi connectivity index (χ1v) is 5.20. The molecule has 0 radical (unpaired) electrons. The van der Waals surface area contributed by atoms with Crippen molar-refractivity contribution >= 4 is 5.91 Å². The highest BCUT2D eigenvalue weighted by Crippen LogP contribution is 2.09. The summed E-state index contributed by atoms with van der Waals surface area (Å²) in [5, 5.41) is 8.62. The van der Waals surface area contributed by atoms with E-state index in [1.54, 1.807) is 19.1 Å². The molecule has 0 spiro atoms. The van der Waals surface area contributed by atoms with Crippen molar-refractivity contribution in [1.82, 2.24) is 9.88 Å². The summed E-state index contributed by atoms with van der Waals surface area (Å²) in [5.74, 6) is -0.131. The van der Waals surface area contributed by atoms with Crippen LogP contribution in [0.15, 0.2) is 12.1 Å². The molecule has 0 N–H and O–H groups in total. The number of carbonyl (C=O) groups excluding carboxylic acids is 1. The molecule has 0 aliphatic carbocycles. The molecule has 0 saturated carbocycles. The van der Waals surface area contributed by atoms with Crippen molar-refractivity contribution in [3.63, 3.8) is 0 Å². The van der Waals surface area contributed by atoms with E-state index in [0.717, 1.165) is 5.69 Å². The summed E-state index contributed by atoms with van der Waals surface area (Å²) in [6, 6.07) is 5.55. The Bertz CT molecular complexity index is 434. The van der Waals surface area contributed by atoms with E-state index in [-0.39, 0.29) is 12.5 Å². The molecule has 0 fully saturated rings. The molecule has 1 aromatic rings. The Labute approximate surface area is 95.5 Å². The standard InChI is InChI=1S/C12H15N3O/c1-4-15(8-7-13)12(16)11-6-5-9(2)14-10(11)3/h5-6H,4,8H2,1-3H3. The van der Waals surface area contributed by atoms with Gasteiger partial charge in [0.25, 0.3) is 5.91 Å². The minimum Gasteiger partial charge on any atom is -0.326 e. The second kappa shape index (κ2) is 5.26. The Morgan fingerprint density at radius 3 is 2.69 bits per heavy atom. The van der Waals surface area contributed by atoms with Gasteiger partial charge in [0, 0.05) is 12.2 Å². The average molecular weight is 217 g/mol. The molecule has 84 valence electrons. The van der Waals surface area contributed by atoms with Gasteiger partial charge in [-0.05, 0) is 32.9 Å².